The Morgan fingerprint density at radius 1 is 1.52 bits per heavy atom. The second-order valence-electron chi connectivity index (χ2n) is 5.36. The molecule has 0 radical (unpaired) electrons. The molecule has 1 aliphatic carbocycles. The molecule has 1 aromatic heterocycles. The van der Waals surface area contributed by atoms with Crippen molar-refractivity contribution in [3.05, 3.63) is 47.0 Å². The highest BCUT2D eigenvalue weighted by molar-refractivity contribution is 6.34. The highest BCUT2D eigenvalue weighted by atomic mass is 35.5. The normalized spacial score (nSPS) is 14.2. The van der Waals surface area contributed by atoms with Crippen molar-refractivity contribution in [2.24, 2.45) is 7.05 Å². The summed E-state index contributed by atoms with van der Waals surface area (Å²) in [6.07, 6.45) is 5.67. The molecular weight excluding hydrogens is 288 g/mol. The third kappa shape index (κ3) is 2.88. The number of nitrogens with zero attached hydrogens (tertiary/aromatic N) is 3. The SMILES string of the molecule is Cn1ccnc1CN(C(=O)c1ccc(N)cc1Cl)C1CC1. The van der Waals surface area contributed by atoms with Gasteiger partial charge in [-0.1, -0.05) is 11.6 Å². The molecule has 1 amide bonds. The molecule has 2 N–H and O–H groups in total. The number of benzene rings is 1. The topological polar surface area (TPSA) is 64.2 Å². The number of hydrogen-bond donors (Lipinski definition) is 1. The first-order valence-corrected chi connectivity index (χ1v) is 7.26. The van der Waals surface area contributed by atoms with Crippen LogP contribution < -0.4 is 5.73 Å². The smallest absolute Gasteiger partial charge is 0.256 e. The molecular formula is C15H17ClN4O. The molecule has 0 saturated heterocycles. The number of carbonyl (C=O) groups excluding carboxylic acids is 1. The first-order chi connectivity index (χ1) is 10.1. The van der Waals surface area contributed by atoms with E-state index in [0.29, 0.717) is 22.8 Å². The van der Waals surface area contributed by atoms with Crippen molar-refractivity contribution < 1.29 is 4.79 Å². The van der Waals surface area contributed by atoms with Gasteiger partial charge in [0, 0.05) is 31.2 Å². The summed E-state index contributed by atoms with van der Waals surface area (Å²) in [5.74, 6) is 0.798. The zero-order valence-corrected chi connectivity index (χ0v) is 12.5. The van der Waals surface area contributed by atoms with Gasteiger partial charge in [-0.3, -0.25) is 4.79 Å². The van der Waals surface area contributed by atoms with E-state index in [9.17, 15) is 4.79 Å². The number of aryl methyl sites for hydroxylation is 1. The summed E-state index contributed by atoms with van der Waals surface area (Å²) in [6.45, 7) is 0.494. The fraction of sp³-hybridized carbons (Fsp3) is 0.333. The van der Waals surface area contributed by atoms with Crippen LogP contribution in [0.4, 0.5) is 5.69 Å². The van der Waals surface area contributed by atoms with Crippen LogP contribution in [0.5, 0.6) is 0 Å². The monoisotopic (exact) mass is 304 g/mol. The second-order valence-corrected chi connectivity index (χ2v) is 5.77. The van der Waals surface area contributed by atoms with E-state index in [2.05, 4.69) is 4.98 Å². The van der Waals surface area contributed by atoms with Crippen LogP contribution >= 0.6 is 11.6 Å². The number of nitrogens with two attached hydrogens (primary N) is 1. The highest BCUT2D eigenvalue weighted by Crippen LogP contribution is 2.31. The lowest BCUT2D eigenvalue weighted by Gasteiger charge is -2.22. The molecule has 21 heavy (non-hydrogen) atoms. The van der Waals surface area contributed by atoms with Gasteiger partial charge in [0.05, 0.1) is 17.1 Å². The standard InChI is InChI=1S/C15H17ClN4O/c1-19-7-6-18-14(19)9-20(11-3-4-11)15(21)12-5-2-10(17)8-13(12)16/h2,5-8,11H,3-4,9,17H2,1H3. The average molecular weight is 305 g/mol. The van der Waals surface area contributed by atoms with Crippen LogP contribution in [0.25, 0.3) is 0 Å². The number of rotatable bonds is 4. The minimum absolute atomic E-state index is 0.0644. The van der Waals surface area contributed by atoms with Crippen LogP contribution in [0.3, 0.4) is 0 Å². The molecule has 6 heteroatoms. The fourth-order valence-corrected chi connectivity index (χ4v) is 2.58. The van der Waals surface area contributed by atoms with Gasteiger partial charge in [-0.2, -0.15) is 0 Å². The summed E-state index contributed by atoms with van der Waals surface area (Å²) < 4.78 is 1.92. The van der Waals surface area contributed by atoms with Gasteiger partial charge in [0.25, 0.3) is 5.91 Å². The van der Waals surface area contributed by atoms with Crippen molar-refractivity contribution in [2.45, 2.75) is 25.4 Å². The second kappa shape index (κ2) is 5.41. The molecule has 0 bridgehead atoms. The maximum absolute atomic E-state index is 12.8. The number of hydrogen-bond acceptors (Lipinski definition) is 3. The van der Waals surface area contributed by atoms with Crippen LogP contribution in [-0.4, -0.2) is 26.4 Å². The molecule has 0 spiro atoms. The molecule has 0 aliphatic heterocycles. The molecule has 1 fully saturated rings. The van der Waals surface area contributed by atoms with E-state index in [1.54, 1.807) is 24.4 Å². The number of aromatic nitrogens is 2. The lowest BCUT2D eigenvalue weighted by molar-refractivity contribution is 0.0724. The van der Waals surface area contributed by atoms with Crippen molar-refractivity contribution in [1.82, 2.24) is 14.5 Å². The molecule has 3 rings (SSSR count). The lowest BCUT2D eigenvalue weighted by atomic mass is 10.1. The summed E-state index contributed by atoms with van der Waals surface area (Å²) in [6, 6.07) is 5.28. The van der Waals surface area contributed by atoms with Crippen molar-refractivity contribution in [1.29, 1.82) is 0 Å². The molecule has 2 aromatic rings. The van der Waals surface area contributed by atoms with Crippen LogP contribution in [0, 0.1) is 0 Å². The molecule has 1 heterocycles. The number of nitrogen functional groups attached to an aromatic ring is 1. The minimum Gasteiger partial charge on any atom is -0.399 e. The Morgan fingerprint density at radius 2 is 2.29 bits per heavy atom. The average Bonchev–Trinajstić information content (AvgIpc) is 3.19. The molecule has 0 atom stereocenters. The quantitative estimate of drug-likeness (QED) is 0.883. The number of halogens is 1. The van der Waals surface area contributed by atoms with E-state index >= 15 is 0 Å². The summed E-state index contributed by atoms with van der Waals surface area (Å²) >= 11 is 6.16. The predicted molar refractivity (Wildman–Crippen MR) is 82.0 cm³/mol. The van der Waals surface area contributed by atoms with E-state index in [-0.39, 0.29) is 11.9 Å². The first-order valence-electron chi connectivity index (χ1n) is 6.88. The largest absolute Gasteiger partial charge is 0.399 e. The number of anilines is 1. The van der Waals surface area contributed by atoms with Gasteiger partial charge in [-0.15, -0.1) is 0 Å². The van der Waals surface area contributed by atoms with Gasteiger partial charge in [0.2, 0.25) is 0 Å². The van der Waals surface area contributed by atoms with E-state index in [1.807, 2.05) is 22.7 Å². The van der Waals surface area contributed by atoms with Gasteiger partial charge >= 0.3 is 0 Å². The van der Waals surface area contributed by atoms with Crippen molar-refractivity contribution in [2.75, 3.05) is 5.73 Å². The van der Waals surface area contributed by atoms with E-state index < -0.39 is 0 Å². The Labute approximate surface area is 128 Å². The Bertz CT molecular complexity index is 678. The van der Waals surface area contributed by atoms with Crippen molar-refractivity contribution in [3.8, 4) is 0 Å². The zero-order chi connectivity index (χ0) is 15.0. The van der Waals surface area contributed by atoms with E-state index in [1.165, 1.54) is 0 Å². The molecule has 1 aromatic carbocycles. The van der Waals surface area contributed by atoms with Gasteiger partial charge in [-0.05, 0) is 31.0 Å². The number of imidazole rings is 1. The molecule has 5 nitrogen and oxygen atoms in total. The first kappa shape index (κ1) is 13.9. The van der Waals surface area contributed by atoms with E-state index in [0.717, 1.165) is 18.7 Å². The van der Waals surface area contributed by atoms with Gasteiger partial charge in [-0.25, -0.2) is 4.98 Å². The van der Waals surface area contributed by atoms with Crippen LogP contribution in [0.2, 0.25) is 5.02 Å². The third-order valence-corrected chi connectivity index (χ3v) is 4.02. The molecule has 1 aliphatic rings. The fourth-order valence-electron chi connectivity index (χ4n) is 2.31. The van der Waals surface area contributed by atoms with Crippen LogP contribution in [0.15, 0.2) is 30.6 Å². The summed E-state index contributed by atoms with van der Waals surface area (Å²) in [5, 5.41) is 0.394. The van der Waals surface area contributed by atoms with E-state index in [4.69, 9.17) is 17.3 Å². The number of carbonyl (C=O) groups is 1. The van der Waals surface area contributed by atoms with Crippen LogP contribution in [0.1, 0.15) is 29.0 Å². The third-order valence-electron chi connectivity index (χ3n) is 3.70. The predicted octanol–water partition coefficient (Wildman–Crippen LogP) is 2.46. The van der Waals surface area contributed by atoms with Crippen LogP contribution in [-0.2, 0) is 13.6 Å². The van der Waals surface area contributed by atoms with Gasteiger partial charge in [0.1, 0.15) is 5.82 Å². The highest BCUT2D eigenvalue weighted by Gasteiger charge is 2.34. The summed E-state index contributed by atoms with van der Waals surface area (Å²) in [5.41, 5.74) is 6.73. The lowest BCUT2D eigenvalue weighted by Crippen LogP contribution is -2.33. The number of amides is 1. The zero-order valence-electron chi connectivity index (χ0n) is 11.8. The van der Waals surface area contributed by atoms with Crippen molar-refractivity contribution >= 4 is 23.2 Å². The Hall–Kier alpha value is -2.01. The summed E-state index contributed by atoms with van der Waals surface area (Å²) in [4.78, 5) is 18.9. The molecule has 110 valence electrons. The summed E-state index contributed by atoms with van der Waals surface area (Å²) in [7, 11) is 1.92. The molecule has 1 saturated carbocycles. The Kier molecular flexibility index (Phi) is 3.59. The molecule has 0 unspecified atom stereocenters. The van der Waals surface area contributed by atoms with Gasteiger partial charge < -0.3 is 15.2 Å². The minimum atomic E-state index is -0.0644. The maximum Gasteiger partial charge on any atom is 0.256 e. The van der Waals surface area contributed by atoms with Gasteiger partial charge in [0.15, 0.2) is 0 Å². The Morgan fingerprint density at radius 3 is 2.86 bits per heavy atom. The maximum atomic E-state index is 12.8. The Balaban J connectivity index is 1.87. The van der Waals surface area contributed by atoms with Crippen molar-refractivity contribution in [3.63, 3.8) is 0 Å².